The number of benzene rings is 3. The van der Waals surface area contributed by atoms with E-state index in [1.165, 1.54) is 43.2 Å². The SMILES string of the molecule is O=C(O)CCNC(=O)c1ccc(CC(C(=O)Nc2ccc(OC(F)(F)F)c(-c3nccs3)c2)c2ccc(C3CCCCC3)cc2)cc1. The zero-order valence-electron chi connectivity index (χ0n) is 25.4. The number of carboxylic acids is 1. The van der Waals surface area contributed by atoms with Crippen LogP contribution in [0.15, 0.2) is 78.3 Å². The molecular formula is C35H34F3N3O5S. The molecule has 12 heteroatoms. The number of halogens is 3. The van der Waals surface area contributed by atoms with E-state index in [0.717, 1.165) is 41.4 Å². The third kappa shape index (κ3) is 9.41. The van der Waals surface area contributed by atoms with E-state index in [2.05, 4.69) is 32.5 Å². The Morgan fingerprint density at radius 3 is 2.34 bits per heavy atom. The molecule has 246 valence electrons. The number of amides is 2. The number of thiazole rings is 1. The molecule has 0 saturated heterocycles. The smallest absolute Gasteiger partial charge is 0.481 e. The zero-order chi connectivity index (χ0) is 33.4. The molecule has 1 atom stereocenters. The van der Waals surface area contributed by atoms with Gasteiger partial charge in [0.15, 0.2) is 0 Å². The lowest BCUT2D eigenvalue weighted by Crippen LogP contribution is -2.26. The molecule has 1 aromatic heterocycles. The monoisotopic (exact) mass is 665 g/mol. The van der Waals surface area contributed by atoms with Gasteiger partial charge in [-0.05, 0) is 72.2 Å². The summed E-state index contributed by atoms with van der Waals surface area (Å²) in [5.41, 5.74) is 3.52. The summed E-state index contributed by atoms with van der Waals surface area (Å²) in [6.45, 7) is 0.00257. The Labute approximate surface area is 274 Å². The van der Waals surface area contributed by atoms with Crippen molar-refractivity contribution >= 4 is 34.8 Å². The van der Waals surface area contributed by atoms with E-state index in [0.29, 0.717) is 16.5 Å². The molecule has 3 aromatic carbocycles. The fraction of sp³-hybridized carbons (Fsp3) is 0.314. The number of rotatable bonds is 12. The molecule has 3 N–H and O–H groups in total. The summed E-state index contributed by atoms with van der Waals surface area (Å²) in [7, 11) is 0. The van der Waals surface area contributed by atoms with Crippen molar-refractivity contribution in [3.63, 3.8) is 0 Å². The van der Waals surface area contributed by atoms with Gasteiger partial charge in [-0.1, -0.05) is 55.7 Å². The Morgan fingerprint density at radius 2 is 1.70 bits per heavy atom. The quantitative estimate of drug-likeness (QED) is 0.142. The van der Waals surface area contributed by atoms with Gasteiger partial charge in [0.05, 0.1) is 17.9 Å². The third-order valence-corrected chi connectivity index (χ3v) is 8.95. The van der Waals surface area contributed by atoms with E-state index < -0.39 is 29.9 Å². The molecular weight excluding hydrogens is 631 g/mol. The highest BCUT2D eigenvalue weighted by Gasteiger charge is 2.33. The molecule has 1 heterocycles. The van der Waals surface area contributed by atoms with Crippen LogP contribution < -0.4 is 15.4 Å². The molecule has 1 aliphatic carbocycles. The molecule has 0 spiro atoms. The molecule has 1 fully saturated rings. The topological polar surface area (TPSA) is 118 Å². The molecule has 1 saturated carbocycles. The van der Waals surface area contributed by atoms with Crippen molar-refractivity contribution in [3.05, 3.63) is 101 Å². The Hall–Kier alpha value is -4.71. The summed E-state index contributed by atoms with van der Waals surface area (Å²) < 4.78 is 43.6. The van der Waals surface area contributed by atoms with E-state index in [4.69, 9.17) is 5.11 Å². The lowest BCUT2D eigenvalue weighted by Gasteiger charge is -2.23. The second kappa shape index (κ2) is 15.3. The first-order chi connectivity index (χ1) is 22.6. The summed E-state index contributed by atoms with van der Waals surface area (Å²) in [4.78, 5) is 41.2. The highest BCUT2D eigenvalue weighted by molar-refractivity contribution is 7.13. The van der Waals surface area contributed by atoms with Crippen LogP contribution in [0.1, 0.15) is 77.4 Å². The van der Waals surface area contributed by atoms with E-state index >= 15 is 0 Å². The van der Waals surface area contributed by atoms with Crippen LogP contribution in [0, 0.1) is 0 Å². The summed E-state index contributed by atoms with van der Waals surface area (Å²) >= 11 is 1.14. The van der Waals surface area contributed by atoms with E-state index in [-0.39, 0.29) is 36.5 Å². The number of hydrogen-bond donors (Lipinski definition) is 3. The van der Waals surface area contributed by atoms with Gasteiger partial charge in [0, 0.05) is 29.4 Å². The predicted molar refractivity (Wildman–Crippen MR) is 173 cm³/mol. The van der Waals surface area contributed by atoms with Crippen LogP contribution in [0.3, 0.4) is 0 Å². The number of alkyl halides is 3. The molecule has 8 nitrogen and oxygen atoms in total. The van der Waals surface area contributed by atoms with Crippen LogP contribution in [-0.4, -0.2) is 40.8 Å². The Balaban J connectivity index is 1.39. The first-order valence-electron chi connectivity index (χ1n) is 15.3. The second-order valence-corrected chi connectivity index (χ2v) is 12.3. The molecule has 0 aliphatic heterocycles. The van der Waals surface area contributed by atoms with E-state index in [9.17, 15) is 27.6 Å². The van der Waals surface area contributed by atoms with Crippen molar-refractivity contribution < 1.29 is 37.4 Å². The minimum Gasteiger partial charge on any atom is -0.481 e. The Kier molecular flexibility index (Phi) is 10.9. The molecule has 1 aliphatic rings. The number of ether oxygens (including phenoxy) is 1. The van der Waals surface area contributed by atoms with Crippen molar-refractivity contribution in [1.82, 2.24) is 10.3 Å². The Bertz CT molecular complexity index is 1670. The summed E-state index contributed by atoms with van der Waals surface area (Å²) in [5.74, 6) is -2.38. The number of aliphatic carboxylic acids is 1. The minimum atomic E-state index is -4.90. The molecule has 2 amide bonds. The maximum Gasteiger partial charge on any atom is 0.573 e. The van der Waals surface area contributed by atoms with Crippen molar-refractivity contribution in [2.75, 3.05) is 11.9 Å². The van der Waals surface area contributed by atoms with Gasteiger partial charge in [0.25, 0.3) is 5.91 Å². The number of hydrogen-bond acceptors (Lipinski definition) is 6. The van der Waals surface area contributed by atoms with Crippen LogP contribution in [-0.2, 0) is 16.0 Å². The maximum absolute atomic E-state index is 13.9. The average Bonchev–Trinajstić information content (AvgIpc) is 3.59. The summed E-state index contributed by atoms with van der Waals surface area (Å²) in [6.07, 6.45) is 2.56. The van der Waals surface area contributed by atoms with Crippen molar-refractivity contribution in [3.8, 4) is 16.3 Å². The van der Waals surface area contributed by atoms with Crippen LogP contribution in [0.5, 0.6) is 5.75 Å². The van der Waals surface area contributed by atoms with Gasteiger partial charge in [-0.2, -0.15) is 0 Å². The third-order valence-electron chi connectivity index (χ3n) is 8.15. The molecule has 1 unspecified atom stereocenters. The van der Waals surface area contributed by atoms with Gasteiger partial charge in [-0.15, -0.1) is 24.5 Å². The first-order valence-corrected chi connectivity index (χ1v) is 16.2. The molecule has 0 radical (unpaired) electrons. The van der Waals surface area contributed by atoms with Crippen molar-refractivity contribution in [2.24, 2.45) is 0 Å². The number of carboxylic acid groups (broad SMARTS) is 1. The van der Waals surface area contributed by atoms with Gasteiger partial charge in [-0.3, -0.25) is 14.4 Å². The van der Waals surface area contributed by atoms with Gasteiger partial charge in [0.1, 0.15) is 10.8 Å². The van der Waals surface area contributed by atoms with E-state index in [1.54, 1.807) is 29.6 Å². The zero-order valence-corrected chi connectivity index (χ0v) is 26.2. The highest BCUT2D eigenvalue weighted by Crippen LogP contribution is 2.38. The van der Waals surface area contributed by atoms with Crippen LogP contribution in [0.25, 0.3) is 10.6 Å². The van der Waals surface area contributed by atoms with Crippen molar-refractivity contribution in [1.29, 1.82) is 0 Å². The largest absolute Gasteiger partial charge is 0.573 e. The number of anilines is 1. The van der Waals surface area contributed by atoms with Crippen LogP contribution in [0.4, 0.5) is 18.9 Å². The predicted octanol–water partition coefficient (Wildman–Crippen LogP) is 7.93. The number of nitrogens with zero attached hydrogens (tertiary/aromatic N) is 1. The average molecular weight is 666 g/mol. The molecule has 5 rings (SSSR count). The van der Waals surface area contributed by atoms with Crippen LogP contribution >= 0.6 is 11.3 Å². The Morgan fingerprint density at radius 1 is 0.979 bits per heavy atom. The lowest BCUT2D eigenvalue weighted by atomic mass is 9.83. The first kappa shape index (κ1) is 33.6. The van der Waals surface area contributed by atoms with Gasteiger partial charge in [-0.25, -0.2) is 4.98 Å². The van der Waals surface area contributed by atoms with Gasteiger partial charge < -0.3 is 20.5 Å². The number of aromatic nitrogens is 1. The highest BCUT2D eigenvalue weighted by atomic mass is 32.1. The number of carbonyl (C=O) groups excluding carboxylic acids is 2. The fourth-order valence-electron chi connectivity index (χ4n) is 5.79. The van der Waals surface area contributed by atoms with Crippen LogP contribution in [0.2, 0.25) is 0 Å². The molecule has 47 heavy (non-hydrogen) atoms. The molecule has 4 aromatic rings. The minimum absolute atomic E-state index is 0.00257. The lowest BCUT2D eigenvalue weighted by molar-refractivity contribution is -0.274. The number of carbonyl (C=O) groups is 3. The number of nitrogens with one attached hydrogen (secondary N) is 2. The fourth-order valence-corrected chi connectivity index (χ4v) is 6.44. The van der Waals surface area contributed by atoms with Gasteiger partial charge >= 0.3 is 12.3 Å². The van der Waals surface area contributed by atoms with Gasteiger partial charge in [0.2, 0.25) is 5.91 Å². The summed E-state index contributed by atoms with van der Waals surface area (Å²) in [5, 5.41) is 16.2. The normalized spacial score (nSPS) is 14.3. The standard InChI is InChI=1S/C35H34F3N3O5S/c36-35(37,38)46-30-15-14-27(21-29(30)34-40-18-19-47-34)41-33(45)28(25-12-10-24(11-13-25)23-4-2-1-3-5-23)20-22-6-8-26(9-7-22)32(44)39-17-16-31(42)43/h6-15,18-19,21,23,28H,1-5,16-17,20H2,(H,39,44)(H,41,45)(H,42,43). The molecule has 0 bridgehead atoms. The van der Waals surface area contributed by atoms with E-state index in [1.807, 2.05) is 12.1 Å². The van der Waals surface area contributed by atoms with Crippen molar-refractivity contribution in [2.45, 2.75) is 63.1 Å². The second-order valence-electron chi connectivity index (χ2n) is 11.4. The maximum atomic E-state index is 13.9. The summed E-state index contributed by atoms with van der Waals surface area (Å²) in [6, 6.07) is 18.7.